The van der Waals surface area contributed by atoms with Crippen LogP contribution in [0.25, 0.3) is 0 Å². The third kappa shape index (κ3) is 3.04. The van der Waals surface area contributed by atoms with E-state index >= 15 is 0 Å². The standard InChI is InChI=1S/C13H20O3/c1-4-13(2,16-14)12-7-5-11(6-8-12)9-10-15-3/h5-8,14H,4,9-10H2,1-3H3. The third-order valence-electron chi connectivity index (χ3n) is 3.04. The van der Waals surface area contributed by atoms with Gasteiger partial charge in [0, 0.05) is 7.11 Å². The zero-order chi connectivity index (χ0) is 12.0. The van der Waals surface area contributed by atoms with Crippen molar-refractivity contribution >= 4 is 0 Å². The predicted molar refractivity (Wildman–Crippen MR) is 63.4 cm³/mol. The second kappa shape index (κ2) is 5.99. The number of rotatable bonds is 6. The molecule has 1 unspecified atom stereocenters. The molecule has 0 fully saturated rings. The summed E-state index contributed by atoms with van der Waals surface area (Å²) in [6, 6.07) is 8.07. The van der Waals surface area contributed by atoms with Crippen LogP contribution < -0.4 is 0 Å². The van der Waals surface area contributed by atoms with Crippen LogP contribution in [0.5, 0.6) is 0 Å². The number of hydrogen-bond donors (Lipinski definition) is 1. The number of ether oxygens (including phenoxy) is 1. The first-order chi connectivity index (χ1) is 7.66. The van der Waals surface area contributed by atoms with Gasteiger partial charge in [-0.15, -0.1) is 0 Å². The van der Waals surface area contributed by atoms with Crippen molar-refractivity contribution in [3.05, 3.63) is 35.4 Å². The van der Waals surface area contributed by atoms with Gasteiger partial charge in [0.05, 0.1) is 6.61 Å². The topological polar surface area (TPSA) is 38.7 Å². The van der Waals surface area contributed by atoms with Crippen LogP contribution >= 0.6 is 0 Å². The van der Waals surface area contributed by atoms with Crippen molar-refractivity contribution < 1.29 is 14.9 Å². The summed E-state index contributed by atoms with van der Waals surface area (Å²) in [5.74, 6) is 0. The Kier molecular flexibility index (Phi) is 4.93. The minimum Gasteiger partial charge on any atom is -0.384 e. The van der Waals surface area contributed by atoms with Crippen molar-refractivity contribution in [2.45, 2.75) is 32.3 Å². The normalized spacial score (nSPS) is 14.8. The molecule has 0 aliphatic heterocycles. The van der Waals surface area contributed by atoms with Gasteiger partial charge in [-0.1, -0.05) is 31.2 Å². The van der Waals surface area contributed by atoms with Crippen molar-refractivity contribution in [3.63, 3.8) is 0 Å². The molecule has 0 spiro atoms. The molecule has 0 heterocycles. The summed E-state index contributed by atoms with van der Waals surface area (Å²) in [6.07, 6.45) is 1.63. The van der Waals surface area contributed by atoms with Gasteiger partial charge in [-0.3, -0.25) is 5.26 Å². The fourth-order valence-electron chi connectivity index (χ4n) is 1.57. The van der Waals surface area contributed by atoms with Crippen molar-refractivity contribution in [3.8, 4) is 0 Å². The molecule has 3 heteroatoms. The van der Waals surface area contributed by atoms with E-state index in [0.717, 1.165) is 25.0 Å². The summed E-state index contributed by atoms with van der Waals surface area (Å²) < 4.78 is 5.02. The monoisotopic (exact) mass is 224 g/mol. The van der Waals surface area contributed by atoms with Crippen LogP contribution in [0.3, 0.4) is 0 Å². The molecule has 1 rings (SSSR count). The Bertz CT molecular complexity index is 301. The highest BCUT2D eigenvalue weighted by Gasteiger charge is 2.25. The average molecular weight is 224 g/mol. The fourth-order valence-corrected chi connectivity index (χ4v) is 1.57. The highest BCUT2D eigenvalue weighted by atomic mass is 17.1. The van der Waals surface area contributed by atoms with Gasteiger partial charge in [0.2, 0.25) is 0 Å². The quantitative estimate of drug-likeness (QED) is 0.596. The van der Waals surface area contributed by atoms with Gasteiger partial charge in [0.1, 0.15) is 5.60 Å². The Labute approximate surface area is 96.9 Å². The first-order valence-electron chi connectivity index (χ1n) is 5.57. The van der Waals surface area contributed by atoms with Gasteiger partial charge in [0.25, 0.3) is 0 Å². The van der Waals surface area contributed by atoms with Gasteiger partial charge in [0.15, 0.2) is 0 Å². The lowest BCUT2D eigenvalue weighted by Crippen LogP contribution is -2.23. The number of methoxy groups -OCH3 is 1. The van der Waals surface area contributed by atoms with Gasteiger partial charge >= 0.3 is 0 Å². The average Bonchev–Trinajstić information content (AvgIpc) is 2.36. The van der Waals surface area contributed by atoms with E-state index in [1.807, 2.05) is 38.1 Å². The van der Waals surface area contributed by atoms with Gasteiger partial charge in [-0.25, -0.2) is 4.89 Å². The molecule has 0 saturated carbocycles. The van der Waals surface area contributed by atoms with Crippen molar-refractivity contribution in [2.75, 3.05) is 13.7 Å². The molecule has 0 aliphatic carbocycles. The minimum atomic E-state index is -0.611. The predicted octanol–water partition coefficient (Wildman–Crippen LogP) is 2.99. The lowest BCUT2D eigenvalue weighted by atomic mass is 9.92. The van der Waals surface area contributed by atoms with E-state index < -0.39 is 5.60 Å². The summed E-state index contributed by atoms with van der Waals surface area (Å²) in [5, 5.41) is 8.93. The number of benzene rings is 1. The van der Waals surface area contributed by atoms with E-state index in [1.165, 1.54) is 5.56 Å². The maximum absolute atomic E-state index is 8.93. The third-order valence-corrected chi connectivity index (χ3v) is 3.04. The molecule has 1 atom stereocenters. The van der Waals surface area contributed by atoms with Crippen molar-refractivity contribution in [2.24, 2.45) is 0 Å². The van der Waals surface area contributed by atoms with E-state index in [1.54, 1.807) is 7.11 Å². The summed E-state index contributed by atoms with van der Waals surface area (Å²) >= 11 is 0. The van der Waals surface area contributed by atoms with Gasteiger partial charge < -0.3 is 4.74 Å². The van der Waals surface area contributed by atoms with Gasteiger partial charge in [-0.05, 0) is 30.9 Å². The first kappa shape index (κ1) is 13.2. The molecule has 3 nitrogen and oxygen atoms in total. The summed E-state index contributed by atoms with van der Waals surface area (Å²) in [5.41, 5.74) is 1.60. The molecular weight excluding hydrogens is 204 g/mol. The van der Waals surface area contributed by atoms with Crippen molar-refractivity contribution in [1.29, 1.82) is 0 Å². The van der Waals surface area contributed by atoms with Crippen LogP contribution in [0.2, 0.25) is 0 Å². The van der Waals surface area contributed by atoms with Crippen LogP contribution in [0.15, 0.2) is 24.3 Å². The Morgan fingerprint density at radius 2 is 1.88 bits per heavy atom. The van der Waals surface area contributed by atoms with Crippen LogP contribution in [-0.4, -0.2) is 19.0 Å². The Balaban J connectivity index is 2.77. The highest BCUT2D eigenvalue weighted by Crippen LogP contribution is 2.28. The summed E-state index contributed by atoms with van der Waals surface area (Å²) in [6.45, 7) is 4.58. The molecule has 90 valence electrons. The zero-order valence-electron chi connectivity index (χ0n) is 10.2. The largest absolute Gasteiger partial charge is 0.384 e. The van der Waals surface area contributed by atoms with E-state index in [0.29, 0.717) is 0 Å². The second-order valence-electron chi connectivity index (χ2n) is 4.12. The molecule has 0 amide bonds. The Hall–Kier alpha value is -0.900. The lowest BCUT2D eigenvalue weighted by Gasteiger charge is -2.24. The van der Waals surface area contributed by atoms with E-state index in [9.17, 15) is 0 Å². The highest BCUT2D eigenvalue weighted by molar-refractivity contribution is 5.27. The van der Waals surface area contributed by atoms with Crippen LogP contribution in [0.1, 0.15) is 31.4 Å². The fraction of sp³-hybridized carbons (Fsp3) is 0.538. The van der Waals surface area contributed by atoms with Crippen LogP contribution in [0, 0.1) is 0 Å². The molecule has 0 aliphatic rings. The molecule has 0 aromatic heterocycles. The Morgan fingerprint density at radius 3 is 2.31 bits per heavy atom. The minimum absolute atomic E-state index is 0.611. The summed E-state index contributed by atoms with van der Waals surface area (Å²) in [4.78, 5) is 4.57. The maximum atomic E-state index is 8.93. The maximum Gasteiger partial charge on any atom is 0.125 e. The molecule has 1 aromatic carbocycles. The van der Waals surface area contributed by atoms with E-state index in [2.05, 4.69) is 4.89 Å². The summed E-state index contributed by atoms with van der Waals surface area (Å²) in [7, 11) is 1.70. The molecule has 0 radical (unpaired) electrons. The smallest absolute Gasteiger partial charge is 0.125 e. The molecule has 16 heavy (non-hydrogen) atoms. The van der Waals surface area contributed by atoms with Crippen LogP contribution in [-0.2, 0) is 21.6 Å². The molecule has 1 N–H and O–H groups in total. The van der Waals surface area contributed by atoms with Crippen LogP contribution in [0.4, 0.5) is 0 Å². The number of hydrogen-bond acceptors (Lipinski definition) is 3. The van der Waals surface area contributed by atoms with E-state index in [-0.39, 0.29) is 0 Å². The van der Waals surface area contributed by atoms with Gasteiger partial charge in [-0.2, -0.15) is 0 Å². The molecule has 1 aromatic rings. The molecule has 0 bridgehead atoms. The first-order valence-corrected chi connectivity index (χ1v) is 5.57. The zero-order valence-corrected chi connectivity index (χ0v) is 10.2. The second-order valence-corrected chi connectivity index (χ2v) is 4.12. The Morgan fingerprint density at radius 1 is 1.25 bits per heavy atom. The van der Waals surface area contributed by atoms with Crippen molar-refractivity contribution in [1.82, 2.24) is 0 Å². The molecule has 0 saturated heterocycles. The molecular formula is C13H20O3. The SMILES string of the molecule is CCC(C)(OO)c1ccc(CCOC)cc1. The lowest BCUT2D eigenvalue weighted by molar-refractivity contribution is -0.324. The van der Waals surface area contributed by atoms with E-state index in [4.69, 9.17) is 9.99 Å².